The van der Waals surface area contributed by atoms with Crippen LogP contribution in [0.5, 0.6) is 5.75 Å². The molecule has 0 saturated carbocycles. The molecule has 1 N–H and O–H groups in total. The van der Waals surface area contributed by atoms with Crippen LogP contribution in [0.3, 0.4) is 0 Å². The van der Waals surface area contributed by atoms with E-state index in [4.69, 9.17) is 16.3 Å². The molecule has 0 saturated heterocycles. The van der Waals surface area contributed by atoms with Crippen LogP contribution in [0.4, 0.5) is 0 Å². The van der Waals surface area contributed by atoms with Crippen molar-refractivity contribution in [3.8, 4) is 5.75 Å². The van der Waals surface area contributed by atoms with Crippen molar-refractivity contribution in [3.05, 3.63) is 29.3 Å². The molecule has 0 heterocycles. The zero-order chi connectivity index (χ0) is 11.8. The van der Waals surface area contributed by atoms with Crippen molar-refractivity contribution in [1.82, 2.24) is 5.32 Å². The van der Waals surface area contributed by atoms with Crippen molar-refractivity contribution in [2.24, 2.45) is 0 Å². The van der Waals surface area contributed by atoms with E-state index in [-0.39, 0.29) is 0 Å². The minimum atomic E-state index is 0.716. The lowest BCUT2D eigenvalue weighted by Gasteiger charge is -2.09. The van der Waals surface area contributed by atoms with Crippen LogP contribution in [0.25, 0.3) is 0 Å². The first kappa shape index (κ1) is 13.3. The summed E-state index contributed by atoms with van der Waals surface area (Å²) in [6, 6.07) is 6.31. The van der Waals surface area contributed by atoms with Crippen LogP contribution in [0.15, 0.2) is 18.2 Å². The molecule has 0 aliphatic rings. The third-order valence-corrected chi connectivity index (χ3v) is 2.62. The first-order valence-corrected chi connectivity index (χ1v) is 6.30. The van der Waals surface area contributed by atoms with Gasteiger partial charge in [-0.05, 0) is 44.0 Å². The van der Waals surface area contributed by atoms with Crippen LogP contribution in [0, 0.1) is 6.92 Å². The average molecular weight is 242 g/mol. The molecule has 1 aromatic rings. The Morgan fingerprint density at radius 1 is 1.38 bits per heavy atom. The summed E-state index contributed by atoms with van der Waals surface area (Å²) in [7, 11) is 0. The minimum Gasteiger partial charge on any atom is -0.494 e. The summed E-state index contributed by atoms with van der Waals surface area (Å²) >= 11 is 5.61. The number of hydrogen-bond donors (Lipinski definition) is 1. The number of ether oxygens (including phenoxy) is 1. The lowest BCUT2D eigenvalue weighted by Crippen LogP contribution is -2.15. The van der Waals surface area contributed by atoms with Gasteiger partial charge >= 0.3 is 0 Å². The Balaban J connectivity index is 2.46. The monoisotopic (exact) mass is 241 g/mol. The van der Waals surface area contributed by atoms with Crippen LogP contribution in [0.2, 0.25) is 0 Å². The molecule has 0 aliphatic carbocycles. The van der Waals surface area contributed by atoms with Crippen LogP contribution in [0.1, 0.15) is 24.5 Å². The van der Waals surface area contributed by atoms with E-state index in [1.54, 1.807) is 0 Å². The topological polar surface area (TPSA) is 21.3 Å². The Bertz CT molecular complexity index is 315. The maximum absolute atomic E-state index is 5.61. The van der Waals surface area contributed by atoms with Gasteiger partial charge in [-0.15, -0.1) is 11.6 Å². The number of aryl methyl sites for hydroxylation is 1. The largest absolute Gasteiger partial charge is 0.494 e. The fraction of sp³-hybridized carbons (Fsp3) is 0.538. The molecule has 0 amide bonds. The van der Waals surface area contributed by atoms with Crippen molar-refractivity contribution >= 4 is 11.6 Å². The average Bonchev–Trinajstić information content (AvgIpc) is 2.28. The maximum atomic E-state index is 5.61. The van der Waals surface area contributed by atoms with Gasteiger partial charge in [0.1, 0.15) is 5.75 Å². The molecular weight excluding hydrogens is 222 g/mol. The third-order valence-electron chi connectivity index (χ3n) is 2.36. The Kier molecular flexibility index (Phi) is 6.27. The highest BCUT2D eigenvalue weighted by Crippen LogP contribution is 2.18. The normalized spacial score (nSPS) is 10.4. The fourth-order valence-corrected chi connectivity index (χ4v) is 1.70. The molecule has 90 valence electrons. The van der Waals surface area contributed by atoms with Gasteiger partial charge < -0.3 is 10.1 Å². The summed E-state index contributed by atoms with van der Waals surface area (Å²) in [5, 5.41) is 3.36. The van der Waals surface area contributed by atoms with Gasteiger partial charge in [-0.1, -0.05) is 12.1 Å². The smallest absolute Gasteiger partial charge is 0.122 e. The van der Waals surface area contributed by atoms with E-state index in [0.717, 1.165) is 31.1 Å². The molecule has 0 fully saturated rings. The predicted octanol–water partition coefficient (Wildman–Crippen LogP) is 3.11. The van der Waals surface area contributed by atoms with Gasteiger partial charge in [0.15, 0.2) is 0 Å². The van der Waals surface area contributed by atoms with Gasteiger partial charge in [0.05, 0.1) is 6.61 Å². The molecule has 0 spiro atoms. The highest BCUT2D eigenvalue weighted by molar-refractivity contribution is 6.17. The molecule has 1 aromatic carbocycles. The Morgan fingerprint density at radius 2 is 2.19 bits per heavy atom. The van der Waals surface area contributed by atoms with Crippen LogP contribution < -0.4 is 10.1 Å². The number of halogens is 1. The summed E-state index contributed by atoms with van der Waals surface area (Å²) in [6.07, 6.45) is 1.01. The van der Waals surface area contributed by atoms with Gasteiger partial charge in [-0.3, -0.25) is 0 Å². The number of alkyl halides is 1. The molecule has 0 bridgehead atoms. The summed E-state index contributed by atoms with van der Waals surface area (Å²) < 4.78 is 5.50. The Hall–Kier alpha value is -0.730. The van der Waals surface area contributed by atoms with E-state index < -0.39 is 0 Å². The minimum absolute atomic E-state index is 0.716. The number of benzene rings is 1. The SMILES string of the molecule is CCOc1ccc(CNCCCCl)cc1C. The molecule has 0 atom stereocenters. The number of nitrogens with one attached hydrogen (secondary N) is 1. The Labute approximate surface area is 103 Å². The van der Waals surface area contributed by atoms with E-state index in [2.05, 4.69) is 24.4 Å². The van der Waals surface area contributed by atoms with Crippen molar-refractivity contribution < 1.29 is 4.74 Å². The molecule has 2 nitrogen and oxygen atoms in total. The fourth-order valence-electron chi connectivity index (χ4n) is 1.56. The molecule has 16 heavy (non-hydrogen) atoms. The highest BCUT2D eigenvalue weighted by atomic mass is 35.5. The first-order valence-electron chi connectivity index (χ1n) is 5.77. The predicted molar refractivity (Wildman–Crippen MR) is 69.4 cm³/mol. The second-order valence-electron chi connectivity index (χ2n) is 3.75. The number of hydrogen-bond acceptors (Lipinski definition) is 2. The lowest BCUT2D eigenvalue weighted by atomic mass is 10.1. The first-order chi connectivity index (χ1) is 7.77. The van der Waals surface area contributed by atoms with Crippen LogP contribution >= 0.6 is 11.6 Å². The van der Waals surface area contributed by atoms with Crippen LogP contribution in [-0.2, 0) is 6.54 Å². The molecule has 0 aliphatic heterocycles. The van der Waals surface area contributed by atoms with Crippen molar-refractivity contribution in [2.75, 3.05) is 19.0 Å². The molecular formula is C13H20ClNO. The zero-order valence-electron chi connectivity index (χ0n) is 10.1. The lowest BCUT2D eigenvalue weighted by molar-refractivity contribution is 0.338. The molecule has 0 unspecified atom stereocenters. The van der Waals surface area contributed by atoms with E-state index >= 15 is 0 Å². The molecule has 0 aromatic heterocycles. The van der Waals surface area contributed by atoms with Gasteiger partial charge in [0.2, 0.25) is 0 Å². The second kappa shape index (κ2) is 7.53. The zero-order valence-corrected chi connectivity index (χ0v) is 10.8. The van der Waals surface area contributed by atoms with Crippen molar-refractivity contribution in [1.29, 1.82) is 0 Å². The van der Waals surface area contributed by atoms with Crippen molar-refractivity contribution in [3.63, 3.8) is 0 Å². The van der Waals surface area contributed by atoms with E-state index in [9.17, 15) is 0 Å². The van der Waals surface area contributed by atoms with Gasteiger partial charge in [0, 0.05) is 12.4 Å². The maximum Gasteiger partial charge on any atom is 0.122 e. The summed E-state index contributed by atoms with van der Waals surface area (Å²) in [5.74, 6) is 1.70. The number of rotatable bonds is 7. The quantitative estimate of drug-likeness (QED) is 0.585. The van der Waals surface area contributed by atoms with Gasteiger partial charge in [0.25, 0.3) is 0 Å². The van der Waals surface area contributed by atoms with E-state index in [0.29, 0.717) is 6.61 Å². The Morgan fingerprint density at radius 3 is 2.81 bits per heavy atom. The summed E-state index contributed by atoms with van der Waals surface area (Å²) in [5.41, 5.74) is 2.48. The van der Waals surface area contributed by atoms with E-state index in [1.165, 1.54) is 11.1 Å². The third kappa shape index (κ3) is 4.42. The molecule has 3 heteroatoms. The molecule has 1 rings (SSSR count). The van der Waals surface area contributed by atoms with Gasteiger partial charge in [-0.2, -0.15) is 0 Å². The van der Waals surface area contributed by atoms with E-state index in [1.807, 2.05) is 13.0 Å². The van der Waals surface area contributed by atoms with Gasteiger partial charge in [-0.25, -0.2) is 0 Å². The molecule has 0 radical (unpaired) electrons. The standard InChI is InChI=1S/C13H20ClNO/c1-3-16-13-6-5-12(9-11(13)2)10-15-8-4-7-14/h5-6,9,15H,3-4,7-8,10H2,1-2H3. The van der Waals surface area contributed by atoms with Crippen LogP contribution in [-0.4, -0.2) is 19.0 Å². The van der Waals surface area contributed by atoms with Crippen molar-refractivity contribution in [2.45, 2.75) is 26.8 Å². The summed E-state index contributed by atoms with van der Waals surface area (Å²) in [4.78, 5) is 0. The second-order valence-corrected chi connectivity index (χ2v) is 4.13. The summed E-state index contributed by atoms with van der Waals surface area (Å²) in [6.45, 7) is 6.66. The highest BCUT2D eigenvalue weighted by Gasteiger charge is 2.00.